The van der Waals surface area contributed by atoms with Gasteiger partial charge in [-0.05, 0) is 37.0 Å². The lowest BCUT2D eigenvalue weighted by atomic mass is 10.1. The summed E-state index contributed by atoms with van der Waals surface area (Å²) >= 11 is 0. The Kier molecular flexibility index (Phi) is 2.99. The van der Waals surface area contributed by atoms with Crippen LogP contribution < -0.4 is 15.8 Å². The van der Waals surface area contributed by atoms with Crippen LogP contribution in [0.5, 0.6) is 5.75 Å². The zero-order valence-electron chi connectivity index (χ0n) is 9.32. The van der Waals surface area contributed by atoms with Crippen LogP contribution in [0.3, 0.4) is 0 Å². The number of methoxy groups -OCH3 is 1. The third-order valence-corrected chi connectivity index (χ3v) is 2.72. The van der Waals surface area contributed by atoms with Gasteiger partial charge in [0.1, 0.15) is 5.75 Å². The molecule has 1 aliphatic rings. The molecular weight excluding hydrogens is 204 g/mol. The Bertz CT molecular complexity index is 400. The minimum absolute atomic E-state index is 0.115. The molecule has 0 aliphatic heterocycles. The fourth-order valence-electron chi connectivity index (χ4n) is 1.56. The predicted octanol–water partition coefficient (Wildman–Crippen LogP) is 1.42. The van der Waals surface area contributed by atoms with Crippen molar-refractivity contribution in [2.75, 3.05) is 19.4 Å². The van der Waals surface area contributed by atoms with Crippen LogP contribution in [0, 0.1) is 5.92 Å². The second kappa shape index (κ2) is 4.43. The average Bonchev–Trinajstić information content (AvgIpc) is 3.09. The Labute approximate surface area is 94.8 Å². The van der Waals surface area contributed by atoms with Gasteiger partial charge in [0.05, 0.1) is 12.7 Å². The van der Waals surface area contributed by atoms with E-state index in [1.54, 1.807) is 25.3 Å². The van der Waals surface area contributed by atoms with E-state index < -0.39 is 0 Å². The van der Waals surface area contributed by atoms with Crippen LogP contribution in [0.4, 0.5) is 5.69 Å². The summed E-state index contributed by atoms with van der Waals surface area (Å²) in [4.78, 5) is 11.9. The number of hydrogen-bond donors (Lipinski definition) is 2. The molecule has 0 radical (unpaired) electrons. The molecule has 1 aromatic carbocycles. The predicted molar refractivity (Wildman–Crippen MR) is 62.5 cm³/mol. The van der Waals surface area contributed by atoms with Gasteiger partial charge < -0.3 is 15.8 Å². The first kappa shape index (κ1) is 10.8. The maximum absolute atomic E-state index is 11.9. The smallest absolute Gasteiger partial charge is 0.255 e. The molecule has 0 heterocycles. The SMILES string of the molecule is COc1ccc(N)cc1C(=O)NCC1CC1. The number of anilines is 1. The third kappa shape index (κ3) is 2.45. The molecule has 1 fully saturated rings. The van der Waals surface area contributed by atoms with E-state index in [-0.39, 0.29) is 5.91 Å². The number of benzene rings is 1. The number of carbonyl (C=O) groups is 1. The van der Waals surface area contributed by atoms with E-state index in [0.29, 0.717) is 22.9 Å². The number of ether oxygens (including phenoxy) is 1. The van der Waals surface area contributed by atoms with Crippen molar-refractivity contribution in [3.63, 3.8) is 0 Å². The molecule has 0 atom stereocenters. The third-order valence-electron chi connectivity index (χ3n) is 2.72. The highest BCUT2D eigenvalue weighted by molar-refractivity contribution is 5.97. The molecule has 2 rings (SSSR count). The number of rotatable bonds is 4. The minimum Gasteiger partial charge on any atom is -0.496 e. The summed E-state index contributed by atoms with van der Waals surface area (Å²) in [5.74, 6) is 1.11. The van der Waals surface area contributed by atoms with Gasteiger partial charge >= 0.3 is 0 Å². The summed E-state index contributed by atoms with van der Waals surface area (Å²) in [6.07, 6.45) is 2.43. The summed E-state index contributed by atoms with van der Waals surface area (Å²) in [5, 5.41) is 2.89. The van der Waals surface area contributed by atoms with Crippen molar-refractivity contribution >= 4 is 11.6 Å². The molecule has 0 saturated heterocycles. The topological polar surface area (TPSA) is 64.3 Å². The second-order valence-electron chi connectivity index (χ2n) is 4.11. The van der Waals surface area contributed by atoms with E-state index >= 15 is 0 Å². The number of amides is 1. The van der Waals surface area contributed by atoms with Crippen LogP contribution in [0.25, 0.3) is 0 Å². The van der Waals surface area contributed by atoms with Crippen molar-refractivity contribution in [1.29, 1.82) is 0 Å². The van der Waals surface area contributed by atoms with Gasteiger partial charge in [0.25, 0.3) is 5.91 Å². The van der Waals surface area contributed by atoms with Crippen molar-refractivity contribution < 1.29 is 9.53 Å². The van der Waals surface area contributed by atoms with Gasteiger partial charge in [-0.25, -0.2) is 0 Å². The highest BCUT2D eigenvalue weighted by Gasteiger charge is 2.22. The highest BCUT2D eigenvalue weighted by Crippen LogP contribution is 2.28. The monoisotopic (exact) mass is 220 g/mol. The van der Waals surface area contributed by atoms with Crippen molar-refractivity contribution in [3.05, 3.63) is 23.8 Å². The molecule has 0 spiro atoms. The maximum Gasteiger partial charge on any atom is 0.255 e. The lowest BCUT2D eigenvalue weighted by molar-refractivity contribution is 0.0949. The van der Waals surface area contributed by atoms with Gasteiger partial charge in [-0.15, -0.1) is 0 Å². The molecule has 86 valence electrons. The molecule has 0 aromatic heterocycles. The van der Waals surface area contributed by atoms with Gasteiger partial charge in [0, 0.05) is 12.2 Å². The Balaban J connectivity index is 2.09. The van der Waals surface area contributed by atoms with Crippen LogP contribution in [-0.2, 0) is 0 Å². The van der Waals surface area contributed by atoms with Crippen molar-refractivity contribution in [1.82, 2.24) is 5.32 Å². The summed E-state index contributed by atoms with van der Waals surface area (Å²) in [6.45, 7) is 0.747. The Morgan fingerprint density at radius 2 is 2.31 bits per heavy atom. The number of nitrogens with two attached hydrogens (primary N) is 1. The van der Waals surface area contributed by atoms with E-state index in [2.05, 4.69) is 5.32 Å². The van der Waals surface area contributed by atoms with Gasteiger partial charge in [0.2, 0.25) is 0 Å². The zero-order valence-corrected chi connectivity index (χ0v) is 9.32. The Morgan fingerprint density at radius 1 is 1.56 bits per heavy atom. The molecule has 16 heavy (non-hydrogen) atoms. The zero-order chi connectivity index (χ0) is 11.5. The molecule has 0 unspecified atom stereocenters. The lowest BCUT2D eigenvalue weighted by Crippen LogP contribution is -2.26. The summed E-state index contributed by atoms with van der Waals surface area (Å²) in [6, 6.07) is 5.07. The first-order chi connectivity index (χ1) is 7.70. The maximum atomic E-state index is 11.9. The Morgan fingerprint density at radius 3 is 2.94 bits per heavy atom. The van der Waals surface area contributed by atoms with E-state index in [4.69, 9.17) is 10.5 Å². The molecule has 4 nitrogen and oxygen atoms in total. The van der Waals surface area contributed by atoms with Crippen LogP contribution in [0.2, 0.25) is 0 Å². The van der Waals surface area contributed by atoms with Crippen molar-refractivity contribution in [2.45, 2.75) is 12.8 Å². The number of nitrogens with one attached hydrogen (secondary N) is 1. The van der Waals surface area contributed by atoms with E-state index in [1.165, 1.54) is 12.8 Å². The number of nitrogen functional groups attached to an aromatic ring is 1. The number of carbonyl (C=O) groups excluding carboxylic acids is 1. The summed E-state index contributed by atoms with van der Waals surface area (Å²) < 4.78 is 5.13. The van der Waals surface area contributed by atoms with E-state index in [0.717, 1.165) is 6.54 Å². The number of hydrogen-bond acceptors (Lipinski definition) is 3. The molecule has 3 N–H and O–H groups in total. The fraction of sp³-hybridized carbons (Fsp3) is 0.417. The molecule has 0 bridgehead atoms. The van der Waals surface area contributed by atoms with Crippen LogP contribution in [0.1, 0.15) is 23.2 Å². The quantitative estimate of drug-likeness (QED) is 0.754. The molecular formula is C12H16N2O2. The van der Waals surface area contributed by atoms with Crippen molar-refractivity contribution in [2.24, 2.45) is 5.92 Å². The summed E-state index contributed by atoms with van der Waals surface area (Å²) in [7, 11) is 1.54. The normalized spacial score (nSPS) is 14.6. The highest BCUT2D eigenvalue weighted by atomic mass is 16.5. The molecule has 1 aliphatic carbocycles. The Hall–Kier alpha value is -1.71. The van der Waals surface area contributed by atoms with Crippen LogP contribution in [-0.4, -0.2) is 19.6 Å². The molecule has 1 aromatic rings. The molecule has 1 amide bonds. The lowest BCUT2D eigenvalue weighted by Gasteiger charge is -2.09. The van der Waals surface area contributed by atoms with Gasteiger partial charge in [-0.3, -0.25) is 4.79 Å². The molecule has 4 heteroatoms. The second-order valence-corrected chi connectivity index (χ2v) is 4.11. The van der Waals surface area contributed by atoms with Crippen LogP contribution >= 0.6 is 0 Å². The van der Waals surface area contributed by atoms with Crippen molar-refractivity contribution in [3.8, 4) is 5.75 Å². The fourth-order valence-corrected chi connectivity index (χ4v) is 1.56. The summed E-state index contributed by atoms with van der Waals surface area (Å²) in [5.41, 5.74) is 6.72. The van der Waals surface area contributed by atoms with E-state index in [1.807, 2.05) is 0 Å². The first-order valence-corrected chi connectivity index (χ1v) is 5.42. The average molecular weight is 220 g/mol. The largest absolute Gasteiger partial charge is 0.496 e. The van der Waals surface area contributed by atoms with Gasteiger partial charge in [-0.1, -0.05) is 0 Å². The molecule has 1 saturated carbocycles. The van der Waals surface area contributed by atoms with Gasteiger partial charge in [-0.2, -0.15) is 0 Å². The standard InChI is InChI=1S/C12H16N2O2/c1-16-11-5-4-9(13)6-10(11)12(15)14-7-8-2-3-8/h4-6,8H,2-3,7,13H2,1H3,(H,14,15). The van der Waals surface area contributed by atoms with E-state index in [9.17, 15) is 4.79 Å². The first-order valence-electron chi connectivity index (χ1n) is 5.42. The van der Waals surface area contributed by atoms with Crippen LogP contribution in [0.15, 0.2) is 18.2 Å². The minimum atomic E-state index is -0.115. The van der Waals surface area contributed by atoms with Gasteiger partial charge in [0.15, 0.2) is 0 Å².